The molecule has 0 atom stereocenters. The summed E-state index contributed by atoms with van der Waals surface area (Å²) in [4.78, 5) is 40.9. The number of imide groups is 1. The van der Waals surface area contributed by atoms with E-state index in [0.717, 1.165) is 36.5 Å². The highest BCUT2D eigenvalue weighted by Gasteiger charge is 2.36. The number of hydrogen-bond donors (Lipinski definition) is 1. The molecule has 1 saturated heterocycles. The lowest BCUT2D eigenvalue weighted by molar-refractivity contribution is -0.116. The van der Waals surface area contributed by atoms with E-state index in [2.05, 4.69) is 10.2 Å². The summed E-state index contributed by atoms with van der Waals surface area (Å²) in [6, 6.07) is 14.3. The Morgan fingerprint density at radius 3 is 2.04 bits per heavy atom. The molecule has 6 heteroatoms. The molecule has 4 rings (SSSR count). The number of carbonyl (C=O) groups excluding carboxylic acids is 3. The molecule has 0 aromatic heterocycles. The zero-order valence-corrected chi connectivity index (χ0v) is 15.7. The van der Waals surface area contributed by atoms with Gasteiger partial charge in [-0.1, -0.05) is 37.1 Å². The number of hydrogen-bond acceptors (Lipinski definition) is 4. The monoisotopic (exact) mass is 377 g/mol. The van der Waals surface area contributed by atoms with E-state index in [-0.39, 0.29) is 12.5 Å². The fourth-order valence-corrected chi connectivity index (χ4v) is 3.88. The number of nitrogens with one attached hydrogen (secondary N) is 1. The minimum atomic E-state index is -0.420. The molecule has 2 aromatic carbocycles. The van der Waals surface area contributed by atoms with Crippen molar-refractivity contribution in [3.63, 3.8) is 0 Å². The number of fused-ring (bicyclic) bond motifs is 1. The van der Waals surface area contributed by atoms with Crippen molar-refractivity contribution in [1.82, 2.24) is 4.90 Å². The van der Waals surface area contributed by atoms with Crippen molar-refractivity contribution in [2.75, 3.05) is 29.9 Å². The van der Waals surface area contributed by atoms with Gasteiger partial charge in [-0.25, -0.2) is 0 Å². The predicted octanol–water partition coefficient (Wildman–Crippen LogP) is 3.30. The molecule has 3 amide bonds. The van der Waals surface area contributed by atoms with Crippen LogP contribution in [0.25, 0.3) is 0 Å². The van der Waals surface area contributed by atoms with Gasteiger partial charge in [0.2, 0.25) is 5.91 Å². The van der Waals surface area contributed by atoms with Gasteiger partial charge in [0.1, 0.15) is 6.54 Å². The van der Waals surface area contributed by atoms with Crippen LogP contribution in [0, 0.1) is 0 Å². The largest absolute Gasteiger partial charge is 0.370 e. The van der Waals surface area contributed by atoms with E-state index >= 15 is 0 Å². The van der Waals surface area contributed by atoms with Crippen LogP contribution in [0.4, 0.5) is 11.4 Å². The van der Waals surface area contributed by atoms with Gasteiger partial charge in [0.05, 0.1) is 22.5 Å². The van der Waals surface area contributed by atoms with Crippen LogP contribution < -0.4 is 10.2 Å². The minimum Gasteiger partial charge on any atom is -0.370 e. The number of carbonyl (C=O) groups is 3. The first-order chi connectivity index (χ1) is 13.6. The Balaban J connectivity index is 1.48. The van der Waals surface area contributed by atoms with Crippen LogP contribution >= 0.6 is 0 Å². The van der Waals surface area contributed by atoms with E-state index < -0.39 is 11.8 Å². The van der Waals surface area contributed by atoms with Crippen molar-refractivity contribution in [3.05, 3.63) is 59.7 Å². The standard InChI is InChI=1S/C22H23N3O3/c26-20(15-25-21(27)16-9-3-4-10-17(16)22(25)28)23-18-11-5-6-12-19(18)24-13-7-1-2-8-14-24/h3-6,9-12H,1-2,7-8,13-15H2,(H,23,26). The van der Waals surface area contributed by atoms with E-state index in [1.807, 2.05) is 24.3 Å². The zero-order valence-electron chi connectivity index (χ0n) is 15.7. The van der Waals surface area contributed by atoms with E-state index in [1.54, 1.807) is 24.3 Å². The Morgan fingerprint density at radius 1 is 0.821 bits per heavy atom. The molecule has 0 aliphatic carbocycles. The van der Waals surface area contributed by atoms with Crippen molar-refractivity contribution in [3.8, 4) is 0 Å². The van der Waals surface area contributed by atoms with Crippen molar-refractivity contribution in [2.45, 2.75) is 25.7 Å². The molecular formula is C22H23N3O3. The summed E-state index contributed by atoms with van der Waals surface area (Å²) < 4.78 is 0. The van der Waals surface area contributed by atoms with Crippen molar-refractivity contribution in [2.24, 2.45) is 0 Å². The third kappa shape index (κ3) is 3.50. The van der Waals surface area contributed by atoms with Gasteiger partial charge < -0.3 is 10.2 Å². The fourth-order valence-electron chi connectivity index (χ4n) is 3.88. The molecule has 28 heavy (non-hydrogen) atoms. The lowest BCUT2D eigenvalue weighted by Crippen LogP contribution is -2.37. The molecule has 0 saturated carbocycles. The van der Waals surface area contributed by atoms with Gasteiger partial charge in [0.25, 0.3) is 11.8 Å². The Morgan fingerprint density at radius 2 is 1.39 bits per heavy atom. The fraction of sp³-hybridized carbons (Fsp3) is 0.318. The summed E-state index contributed by atoms with van der Waals surface area (Å²) in [7, 11) is 0. The first-order valence-corrected chi connectivity index (χ1v) is 9.74. The third-order valence-corrected chi connectivity index (χ3v) is 5.30. The SMILES string of the molecule is O=C(CN1C(=O)c2ccccc2C1=O)Nc1ccccc1N1CCCCCC1. The molecule has 0 unspecified atom stereocenters. The highest BCUT2D eigenvalue weighted by atomic mass is 16.2. The van der Waals surface area contributed by atoms with Crippen LogP contribution in [-0.2, 0) is 4.79 Å². The van der Waals surface area contributed by atoms with E-state index in [0.29, 0.717) is 16.8 Å². The maximum absolute atomic E-state index is 12.6. The first kappa shape index (κ1) is 18.2. The van der Waals surface area contributed by atoms with Gasteiger partial charge in [0.15, 0.2) is 0 Å². The minimum absolute atomic E-state index is 0.291. The summed E-state index contributed by atoms with van der Waals surface area (Å²) in [6.45, 7) is 1.64. The first-order valence-electron chi connectivity index (χ1n) is 9.74. The quantitative estimate of drug-likeness (QED) is 0.830. The molecule has 1 fully saturated rings. The Kier molecular flexibility index (Phi) is 5.10. The van der Waals surface area contributed by atoms with E-state index in [1.165, 1.54) is 12.8 Å². The van der Waals surface area contributed by atoms with Gasteiger partial charge in [0, 0.05) is 13.1 Å². The molecule has 2 heterocycles. The molecule has 1 N–H and O–H groups in total. The summed E-state index contributed by atoms with van der Waals surface area (Å²) in [6.07, 6.45) is 4.73. The number of anilines is 2. The number of rotatable bonds is 4. The smallest absolute Gasteiger partial charge is 0.262 e. The molecular weight excluding hydrogens is 354 g/mol. The van der Waals surface area contributed by atoms with Crippen molar-refractivity contribution in [1.29, 1.82) is 0 Å². The van der Waals surface area contributed by atoms with Crippen LogP contribution in [0.15, 0.2) is 48.5 Å². The number of amides is 3. The third-order valence-electron chi connectivity index (χ3n) is 5.30. The molecule has 0 radical (unpaired) electrons. The average molecular weight is 377 g/mol. The summed E-state index contributed by atoms with van der Waals surface area (Å²) in [5, 5.41) is 2.90. The lowest BCUT2D eigenvalue weighted by Gasteiger charge is -2.25. The summed E-state index contributed by atoms with van der Waals surface area (Å²) in [5.74, 6) is -1.22. The van der Waals surface area contributed by atoms with Crippen molar-refractivity contribution >= 4 is 29.1 Å². The predicted molar refractivity (Wildman–Crippen MR) is 108 cm³/mol. The second-order valence-electron chi connectivity index (χ2n) is 7.21. The highest BCUT2D eigenvalue weighted by Crippen LogP contribution is 2.28. The summed E-state index contributed by atoms with van der Waals surface area (Å²) >= 11 is 0. The molecule has 0 spiro atoms. The van der Waals surface area contributed by atoms with Gasteiger partial charge in [-0.3, -0.25) is 19.3 Å². The molecule has 2 aromatic rings. The van der Waals surface area contributed by atoms with Crippen LogP contribution in [-0.4, -0.2) is 42.3 Å². The molecule has 6 nitrogen and oxygen atoms in total. The summed E-state index contributed by atoms with van der Waals surface area (Å²) in [5.41, 5.74) is 2.40. The maximum Gasteiger partial charge on any atom is 0.262 e. The van der Waals surface area contributed by atoms with E-state index in [4.69, 9.17) is 0 Å². The van der Waals surface area contributed by atoms with Crippen LogP contribution in [0.2, 0.25) is 0 Å². The lowest BCUT2D eigenvalue weighted by atomic mass is 10.1. The van der Waals surface area contributed by atoms with E-state index in [9.17, 15) is 14.4 Å². The van der Waals surface area contributed by atoms with Crippen LogP contribution in [0.5, 0.6) is 0 Å². The van der Waals surface area contributed by atoms with Gasteiger partial charge >= 0.3 is 0 Å². The molecule has 144 valence electrons. The highest BCUT2D eigenvalue weighted by molar-refractivity contribution is 6.22. The Bertz CT molecular complexity index is 882. The second-order valence-corrected chi connectivity index (χ2v) is 7.21. The van der Waals surface area contributed by atoms with Crippen molar-refractivity contribution < 1.29 is 14.4 Å². The molecule has 0 bridgehead atoms. The number of para-hydroxylation sites is 2. The van der Waals surface area contributed by atoms with Gasteiger partial charge in [-0.2, -0.15) is 0 Å². The second kappa shape index (κ2) is 7.84. The number of nitrogens with zero attached hydrogens (tertiary/aromatic N) is 2. The zero-order chi connectivity index (χ0) is 19.5. The topological polar surface area (TPSA) is 69.7 Å². The van der Waals surface area contributed by atoms with Gasteiger partial charge in [-0.15, -0.1) is 0 Å². The number of benzene rings is 2. The normalized spacial score (nSPS) is 16.7. The van der Waals surface area contributed by atoms with Crippen LogP contribution in [0.1, 0.15) is 46.4 Å². The maximum atomic E-state index is 12.6. The average Bonchev–Trinajstić information content (AvgIpc) is 2.91. The Labute approximate surface area is 164 Å². The molecule has 2 aliphatic rings. The van der Waals surface area contributed by atoms with Gasteiger partial charge in [-0.05, 0) is 37.1 Å². The molecule has 2 aliphatic heterocycles. The van der Waals surface area contributed by atoms with Crippen LogP contribution in [0.3, 0.4) is 0 Å². The Hall–Kier alpha value is -3.15.